The number of benzene rings is 1. The molecule has 2 rings (SSSR count). The average molecular weight is 274 g/mol. The fourth-order valence-corrected chi connectivity index (χ4v) is 2.67. The van der Waals surface area contributed by atoms with Gasteiger partial charge in [-0.15, -0.1) is 0 Å². The highest BCUT2D eigenvalue weighted by atomic mass is 16.2. The molecule has 0 aromatic heterocycles. The van der Waals surface area contributed by atoms with Gasteiger partial charge in [-0.2, -0.15) is 0 Å². The zero-order chi connectivity index (χ0) is 15.1. The SMILES string of the molecule is CC(C)C1(N)CN(C(=O)c2ccccc2C(C)(C)C)C1. The number of hydrogen-bond acceptors (Lipinski definition) is 2. The first-order valence-electron chi connectivity index (χ1n) is 7.33. The van der Waals surface area contributed by atoms with Crippen LogP contribution in [0.3, 0.4) is 0 Å². The summed E-state index contributed by atoms with van der Waals surface area (Å²) >= 11 is 0. The van der Waals surface area contributed by atoms with Crippen molar-refractivity contribution in [2.24, 2.45) is 11.7 Å². The van der Waals surface area contributed by atoms with Gasteiger partial charge in [-0.05, 0) is 23.0 Å². The second-order valence-electron chi connectivity index (χ2n) is 7.34. The topological polar surface area (TPSA) is 46.3 Å². The van der Waals surface area contributed by atoms with Gasteiger partial charge in [0.25, 0.3) is 5.91 Å². The Hall–Kier alpha value is -1.35. The summed E-state index contributed by atoms with van der Waals surface area (Å²) in [6.45, 7) is 11.9. The van der Waals surface area contributed by atoms with Crippen molar-refractivity contribution in [2.45, 2.75) is 45.6 Å². The Kier molecular flexibility index (Phi) is 3.67. The number of rotatable bonds is 2. The molecule has 3 nitrogen and oxygen atoms in total. The minimum Gasteiger partial charge on any atom is -0.335 e. The van der Waals surface area contributed by atoms with E-state index < -0.39 is 0 Å². The van der Waals surface area contributed by atoms with Crippen LogP contribution >= 0.6 is 0 Å². The molecule has 110 valence electrons. The number of carbonyl (C=O) groups excluding carboxylic acids is 1. The Labute approximate surface area is 122 Å². The predicted molar refractivity (Wildman–Crippen MR) is 82.8 cm³/mol. The summed E-state index contributed by atoms with van der Waals surface area (Å²) in [5.74, 6) is 0.502. The normalized spacial score (nSPS) is 18.1. The van der Waals surface area contributed by atoms with Crippen molar-refractivity contribution in [3.8, 4) is 0 Å². The third kappa shape index (κ3) is 2.59. The van der Waals surface area contributed by atoms with Crippen molar-refractivity contribution < 1.29 is 4.79 Å². The summed E-state index contributed by atoms with van der Waals surface area (Å²) in [6, 6.07) is 7.90. The van der Waals surface area contributed by atoms with Crippen molar-refractivity contribution in [3.05, 3.63) is 35.4 Å². The van der Waals surface area contributed by atoms with Crippen molar-refractivity contribution >= 4 is 5.91 Å². The van der Waals surface area contributed by atoms with Gasteiger partial charge in [0.2, 0.25) is 0 Å². The molecule has 20 heavy (non-hydrogen) atoms. The van der Waals surface area contributed by atoms with Crippen LogP contribution in [0.1, 0.15) is 50.5 Å². The highest BCUT2D eigenvalue weighted by Gasteiger charge is 2.44. The summed E-state index contributed by atoms with van der Waals surface area (Å²) in [6.07, 6.45) is 0. The molecule has 1 saturated heterocycles. The van der Waals surface area contributed by atoms with E-state index in [0.717, 1.165) is 11.1 Å². The number of nitrogens with two attached hydrogens (primary N) is 1. The van der Waals surface area contributed by atoms with Gasteiger partial charge in [0.15, 0.2) is 0 Å². The minimum absolute atomic E-state index is 0.0328. The van der Waals surface area contributed by atoms with Gasteiger partial charge in [-0.3, -0.25) is 4.79 Å². The van der Waals surface area contributed by atoms with Gasteiger partial charge < -0.3 is 10.6 Å². The zero-order valence-electron chi connectivity index (χ0n) is 13.2. The number of nitrogens with zero attached hydrogens (tertiary/aromatic N) is 1. The van der Waals surface area contributed by atoms with Crippen LogP contribution in [0.15, 0.2) is 24.3 Å². The second kappa shape index (κ2) is 4.88. The van der Waals surface area contributed by atoms with E-state index in [9.17, 15) is 4.79 Å². The lowest BCUT2D eigenvalue weighted by Gasteiger charge is -2.50. The number of carbonyl (C=O) groups is 1. The molecule has 0 atom stereocenters. The van der Waals surface area contributed by atoms with Gasteiger partial charge in [0.05, 0.1) is 5.54 Å². The van der Waals surface area contributed by atoms with E-state index in [-0.39, 0.29) is 16.9 Å². The van der Waals surface area contributed by atoms with E-state index in [0.29, 0.717) is 19.0 Å². The van der Waals surface area contributed by atoms with Crippen LogP contribution in [0.5, 0.6) is 0 Å². The highest BCUT2D eigenvalue weighted by Crippen LogP contribution is 2.31. The van der Waals surface area contributed by atoms with Crippen molar-refractivity contribution in [1.82, 2.24) is 4.90 Å². The van der Waals surface area contributed by atoms with Gasteiger partial charge >= 0.3 is 0 Å². The van der Waals surface area contributed by atoms with Crippen LogP contribution in [-0.4, -0.2) is 29.4 Å². The van der Waals surface area contributed by atoms with E-state index in [1.807, 2.05) is 29.2 Å². The summed E-state index contributed by atoms with van der Waals surface area (Å²) < 4.78 is 0. The Morgan fingerprint density at radius 3 is 2.30 bits per heavy atom. The third-order valence-corrected chi connectivity index (χ3v) is 4.37. The molecule has 0 bridgehead atoms. The molecule has 1 aliphatic heterocycles. The Morgan fingerprint density at radius 1 is 1.25 bits per heavy atom. The summed E-state index contributed by atoms with van der Waals surface area (Å²) in [4.78, 5) is 14.5. The largest absolute Gasteiger partial charge is 0.335 e. The van der Waals surface area contributed by atoms with Crippen LogP contribution in [0, 0.1) is 5.92 Å². The molecule has 0 saturated carbocycles. The average Bonchev–Trinajstić information content (AvgIpc) is 2.32. The van der Waals surface area contributed by atoms with Crippen LogP contribution in [0.25, 0.3) is 0 Å². The molecule has 0 aliphatic carbocycles. The maximum Gasteiger partial charge on any atom is 0.254 e. The quantitative estimate of drug-likeness (QED) is 0.901. The smallest absolute Gasteiger partial charge is 0.254 e. The molecule has 1 amide bonds. The Bertz CT molecular complexity index is 508. The molecule has 1 fully saturated rings. The molecule has 1 heterocycles. The van der Waals surface area contributed by atoms with E-state index in [4.69, 9.17) is 5.73 Å². The molecule has 1 aliphatic rings. The summed E-state index contributed by atoms with van der Waals surface area (Å²) in [5, 5.41) is 0. The van der Waals surface area contributed by atoms with Crippen molar-refractivity contribution in [3.63, 3.8) is 0 Å². The lowest BCUT2D eigenvalue weighted by molar-refractivity contribution is 0.0273. The first-order valence-corrected chi connectivity index (χ1v) is 7.33. The number of likely N-dealkylation sites (tertiary alicyclic amines) is 1. The molecule has 2 N–H and O–H groups in total. The lowest BCUT2D eigenvalue weighted by atomic mass is 9.79. The number of amides is 1. The summed E-state index contributed by atoms with van der Waals surface area (Å²) in [7, 11) is 0. The van der Waals surface area contributed by atoms with Gasteiger partial charge in [-0.1, -0.05) is 52.8 Å². The highest BCUT2D eigenvalue weighted by molar-refractivity contribution is 5.96. The van der Waals surface area contributed by atoms with E-state index in [1.54, 1.807) is 0 Å². The van der Waals surface area contributed by atoms with Gasteiger partial charge in [0, 0.05) is 18.7 Å². The maximum absolute atomic E-state index is 12.7. The summed E-state index contributed by atoms with van der Waals surface area (Å²) in [5.41, 5.74) is 7.95. The molecule has 1 aromatic rings. The molecular weight excluding hydrogens is 248 g/mol. The third-order valence-electron chi connectivity index (χ3n) is 4.37. The zero-order valence-corrected chi connectivity index (χ0v) is 13.2. The minimum atomic E-state index is -0.216. The van der Waals surface area contributed by atoms with Crippen molar-refractivity contribution in [1.29, 1.82) is 0 Å². The van der Waals surface area contributed by atoms with E-state index in [2.05, 4.69) is 34.6 Å². The van der Waals surface area contributed by atoms with Crippen LogP contribution in [-0.2, 0) is 5.41 Å². The maximum atomic E-state index is 12.7. The number of hydrogen-bond donors (Lipinski definition) is 1. The molecular formula is C17H26N2O. The van der Waals surface area contributed by atoms with Gasteiger partial charge in [-0.25, -0.2) is 0 Å². The van der Waals surface area contributed by atoms with Crippen LogP contribution < -0.4 is 5.73 Å². The van der Waals surface area contributed by atoms with Crippen LogP contribution in [0.4, 0.5) is 0 Å². The van der Waals surface area contributed by atoms with E-state index >= 15 is 0 Å². The van der Waals surface area contributed by atoms with Crippen molar-refractivity contribution in [2.75, 3.05) is 13.1 Å². The first-order chi connectivity index (χ1) is 9.15. The first kappa shape index (κ1) is 15.0. The molecule has 0 spiro atoms. The fraction of sp³-hybridized carbons (Fsp3) is 0.588. The second-order valence-corrected chi connectivity index (χ2v) is 7.34. The molecule has 1 aromatic carbocycles. The van der Waals surface area contributed by atoms with E-state index in [1.165, 1.54) is 0 Å². The Morgan fingerprint density at radius 2 is 1.80 bits per heavy atom. The molecule has 3 heteroatoms. The van der Waals surface area contributed by atoms with Crippen LogP contribution in [0.2, 0.25) is 0 Å². The standard InChI is InChI=1S/C17H26N2O/c1-12(2)17(18)10-19(11-17)15(20)13-8-6-7-9-14(13)16(3,4)5/h6-9,12H,10-11,18H2,1-5H3. The monoisotopic (exact) mass is 274 g/mol. The lowest BCUT2D eigenvalue weighted by Crippen LogP contribution is -2.71. The molecule has 0 radical (unpaired) electrons. The van der Waals surface area contributed by atoms with Gasteiger partial charge in [0.1, 0.15) is 0 Å². The fourth-order valence-electron chi connectivity index (χ4n) is 2.67. The Balaban J connectivity index is 2.21. The molecule has 0 unspecified atom stereocenters. The predicted octanol–water partition coefficient (Wildman–Crippen LogP) is 2.79.